The quantitative estimate of drug-likeness (QED) is 0.124. The fraction of sp³-hybridized carbons (Fsp3) is 0.136. The number of methoxy groups -OCH3 is 3. The third kappa shape index (κ3) is 6.67. The zero-order valence-electron chi connectivity index (χ0n) is 29.1. The van der Waals surface area contributed by atoms with Crippen LogP contribution >= 0.6 is 16.2 Å². The zero-order chi connectivity index (χ0) is 35.4. The predicted octanol–water partition coefficient (Wildman–Crippen LogP) is 10.9. The van der Waals surface area contributed by atoms with Gasteiger partial charge in [-0.15, -0.1) is 0 Å². The van der Waals surface area contributed by atoms with Crippen molar-refractivity contribution in [1.29, 1.82) is 0 Å². The molecule has 1 aromatic heterocycles. The van der Waals surface area contributed by atoms with E-state index in [-0.39, 0.29) is 5.66 Å². The number of fused-ring (bicyclic) bond motifs is 7. The summed E-state index contributed by atoms with van der Waals surface area (Å²) in [7, 11) is 2.07. The molecule has 1 heterocycles. The summed E-state index contributed by atoms with van der Waals surface area (Å²) in [5, 5.41) is 8.78. The van der Waals surface area contributed by atoms with Crippen LogP contribution in [0.4, 0.5) is 0 Å². The summed E-state index contributed by atoms with van der Waals surface area (Å²) in [4.78, 5) is 0. The van der Waals surface area contributed by atoms with Crippen LogP contribution in [0.1, 0.15) is 11.2 Å². The average Bonchev–Trinajstić information content (AvgIpc) is 3.37. The van der Waals surface area contributed by atoms with Gasteiger partial charge in [-0.25, -0.2) is 0 Å². The van der Waals surface area contributed by atoms with Crippen LogP contribution in [0.15, 0.2) is 160 Å². The van der Waals surface area contributed by atoms with E-state index in [1.54, 1.807) is 21.3 Å². The highest BCUT2D eigenvalue weighted by Crippen LogP contribution is 2.53. The number of benzene rings is 7. The van der Waals surface area contributed by atoms with Gasteiger partial charge in [0.1, 0.15) is 28.8 Å². The summed E-state index contributed by atoms with van der Waals surface area (Å²) in [6.45, 7) is 0.311. The third-order valence-corrected chi connectivity index (χ3v) is 13.4. The fourth-order valence-electron chi connectivity index (χ4n) is 6.98. The molecule has 0 unspecified atom stereocenters. The maximum absolute atomic E-state index is 7.14. The molecule has 260 valence electrons. The monoisotopic (exact) mass is 724 g/mol. The molecule has 0 saturated carbocycles. The average molecular weight is 725 g/mol. The van der Waals surface area contributed by atoms with E-state index in [0.29, 0.717) is 6.61 Å². The first-order valence-electron chi connectivity index (χ1n) is 17.1. The summed E-state index contributed by atoms with van der Waals surface area (Å²) < 4.78 is 37.9. The van der Waals surface area contributed by atoms with Gasteiger partial charge in [0.2, 0.25) is 0 Å². The van der Waals surface area contributed by atoms with E-state index in [0.717, 1.165) is 60.5 Å². The van der Waals surface area contributed by atoms with Crippen molar-refractivity contribution >= 4 is 70.3 Å². The van der Waals surface area contributed by atoms with Crippen LogP contribution < -0.4 is 24.6 Å². The Kier molecular flexibility index (Phi) is 9.98. The Hall–Kier alpha value is -5.09. The lowest BCUT2D eigenvalue weighted by atomic mass is 9.99. The molecule has 8 heteroatoms. The van der Waals surface area contributed by atoms with Crippen LogP contribution in [-0.2, 0) is 4.74 Å². The van der Waals surface area contributed by atoms with Crippen LogP contribution in [-0.4, -0.2) is 34.0 Å². The molecule has 0 spiro atoms. The highest BCUT2D eigenvalue weighted by Gasteiger charge is 2.36. The standard InChI is InChI=1S/C44H38O6P2/c1-45-29-41(44(32-13-5-4-6-14-32)51(35-23-19-33(46-2)20-24-35)36-25-21-34(47-3)22-26-36)50-52-48-39-27-17-30-11-7-9-15-37(30)42(39)43-38-16-10-8-12-31(38)18-28-40(43)49-52/h4-28,41,44H,29H2,1-3H3/t41-,44+/m0/s1. The van der Waals surface area contributed by atoms with E-state index in [9.17, 15) is 0 Å². The van der Waals surface area contributed by atoms with E-state index in [2.05, 4.69) is 109 Å². The van der Waals surface area contributed by atoms with E-state index in [1.165, 1.54) is 10.6 Å². The minimum Gasteiger partial charge on any atom is -0.497 e. The molecule has 0 saturated heterocycles. The van der Waals surface area contributed by atoms with Crippen molar-refractivity contribution in [1.82, 2.24) is 0 Å². The first-order chi connectivity index (χ1) is 25.6. The molecule has 0 aliphatic heterocycles. The lowest BCUT2D eigenvalue weighted by Crippen LogP contribution is -2.32. The Morgan fingerprint density at radius 2 is 1.02 bits per heavy atom. The third-order valence-electron chi connectivity index (χ3n) is 9.40. The van der Waals surface area contributed by atoms with Crippen LogP contribution in [0.3, 0.4) is 0 Å². The summed E-state index contributed by atoms with van der Waals surface area (Å²) in [6, 6.07) is 52.3. The number of hydrogen-bond acceptors (Lipinski definition) is 6. The second-order valence-corrected chi connectivity index (χ2v) is 15.8. The van der Waals surface area contributed by atoms with Crippen LogP contribution in [0.2, 0.25) is 0 Å². The van der Waals surface area contributed by atoms with Gasteiger partial charge < -0.3 is 22.6 Å². The Morgan fingerprint density at radius 3 is 1.50 bits per heavy atom. The van der Waals surface area contributed by atoms with Crippen molar-refractivity contribution in [3.8, 4) is 11.5 Å². The normalized spacial score (nSPS) is 12.8. The minimum absolute atomic E-state index is 0.150. The van der Waals surface area contributed by atoms with Gasteiger partial charge in [-0.1, -0.05) is 115 Å². The fourth-order valence-corrected chi connectivity index (χ4v) is 11.1. The molecular weight excluding hydrogens is 686 g/mol. The van der Waals surface area contributed by atoms with Crippen LogP contribution in [0.5, 0.6) is 11.5 Å². The van der Waals surface area contributed by atoms with Crippen molar-refractivity contribution in [2.45, 2.75) is 11.8 Å². The highest BCUT2D eigenvalue weighted by atomic mass is 31.1. The van der Waals surface area contributed by atoms with Crippen molar-refractivity contribution in [3.63, 3.8) is 0 Å². The van der Waals surface area contributed by atoms with E-state index >= 15 is 0 Å². The maximum Gasteiger partial charge on any atom is 0.387 e. The maximum atomic E-state index is 7.14. The number of hydrogen-bond donors (Lipinski definition) is 0. The molecule has 0 N–H and O–H groups in total. The van der Waals surface area contributed by atoms with Crippen molar-refractivity contribution in [2.75, 3.05) is 27.9 Å². The topological polar surface area (TPSA) is 63.2 Å². The van der Waals surface area contributed by atoms with Gasteiger partial charge in [0, 0.05) is 23.5 Å². The Morgan fingerprint density at radius 1 is 0.538 bits per heavy atom. The van der Waals surface area contributed by atoms with E-state index < -0.39 is 22.3 Å². The zero-order valence-corrected chi connectivity index (χ0v) is 30.9. The molecule has 0 aliphatic carbocycles. The predicted molar refractivity (Wildman–Crippen MR) is 215 cm³/mol. The summed E-state index contributed by atoms with van der Waals surface area (Å²) in [6.07, 6.45) is -0.459. The lowest BCUT2D eigenvalue weighted by molar-refractivity contribution is 0.102. The second-order valence-electron chi connectivity index (χ2n) is 12.4. The first-order valence-corrected chi connectivity index (χ1v) is 19.6. The molecule has 8 rings (SSSR count). The smallest absolute Gasteiger partial charge is 0.387 e. The van der Waals surface area contributed by atoms with Gasteiger partial charge >= 0.3 is 8.24 Å². The van der Waals surface area contributed by atoms with Gasteiger partial charge in [0.25, 0.3) is 0 Å². The van der Waals surface area contributed by atoms with E-state index in [4.69, 9.17) is 27.1 Å². The highest BCUT2D eigenvalue weighted by molar-refractivity contribution is 7.73. The molecule has 7 aromatic carbocycles. The molecule has 0 fully saturated rings. The van der Waals surface area contributed by atoms with Crippen molar-refractivity contribution < 1.29 is 27.1 Å². The van der Waals surface area contributed by atoms with Crippen LogP contribution in [0, 0.1) is 0 Å². The lowest BCUT2D eigenvalue weighted by Gasteiger charge is -2.34. The number of ether oxygens (including phenoxy) is 3. The molecule has 2 atom stereocenters. The minimum atomic E-state index is -1.94. The molecular formula is C44H38O6P2. The Balaban J connectivity index is 1.35. The van der Waals surface area contributed by atoms with Gasteiger partial charge in [0.05, 0.1) is 20.8 Å². The molecule has 0 bridgehead atoms. The molecule has 0 aliphatic rings. The van der Waals surface area contributed by atoms with Gasteiger partial charge in [-0.2, -0.15) is 0 Å². The summed E-state index contributed by atoms with van der Waals surface area (Å²) in [5.74, 6) is 1.60. The molecule has 6 nitrogen and oxygen atoms in total. The van der Waals surface area contributed by atoms with Gasteiger partial charge in [0.15, 0.2) is 0 Å². The van der Waals surface area contributed by atoms with Crippen molar-refractivity contribution in [2.24, 2.45) is 0 Å². The SMILES string of the molecule is COC[C@H](Op1oc2ccc3ccccc3c2c2c(ccc3ccccc32)o1)[C@@H](c1ccccc1)P(c1ccc(OC)cc1)c1ccc(OC)cc1. The van der Waals surface area contributed by atoms with Gasteiger partial charge in [-0.3, -0.25) is 4.52 Å². The molecule has 0 amide bonds. The van der Waals surface area contributed by atoms with Crippen LogP contribution in [0.25, 0.3) is 43.5 Å². The molecule has 0 radical (unpaired) electrons. The Labute approximate surface area is 304 Å². The summed E-state index contributed by atoms with van der Waals surface area (Å²) in [5.41, 5.74) is 2.42. The van der Waals surface area contributed by atoms with Crippen molar-refractivity contribution in [3.05, 3.63) is 157 Å². The van der Waals surface area contributed by atoms with Gasteiger partial charge in [-0.05, 0) is 82.0 Å². The Bertz CT molecular complexity index is 2350. The second kappa shape index (κ2) is 15.3. The largest absolute Gasteiger partial charge is 0.497 e. The first kappa shape index (κ1) is 34.0. The molecule has 52 heavy (non-hydrogen) atoms. The number of rotatable bonds is 11. The van der Waals surface area contributed by atoms with E-state index in [1.807, 2.05) is 42.5 Å². The summed E-state index contributed by atoms with van der Waals surface area (Å²) >= 11 is 0. The molecule has 8 aromatic rings.